The summed E-state index contributed by atoms with van der Waals surface area (Å²) in [5, 5.41) is 6.09. The van der Waals surface area contributed by atoms with Gasteiger partial charge in [-0.3, -0.25) is 0 Å². The molecule has 1 aromatic heterocycles. The Labute approximate surface area is 176 Å². The minimum Gasteiger partial charge on any atom is -0.493 e. The van der Waals surface area contributed by atoms with Gasteiger partial charge in [0.1, 0.15) is 17.8 Å². The van der Waals surface area contributed by atoms with Gasteiger partial charge in [-0.25, -0.2) is 14.4 Å². The van der Waals surface area contributed by atoms with Crippen LogP contribution in [0.4, 0.5) is 27.4 Å². The van der Waals surface area contributed by atoms with Gasteiger partial charge in [0.05, 0.1) is 19.9 Å². The summed E-state index contributed by atoms with van der Waals surface area (Å²) in [6.07, 6.45) is 2.09. The fourth-order valence-corrected chi connectivity index (χ4v) is 3.05. The van der Waals surface area contributed by atoms with E-state index in [0.29, 0.717) is 46.3 Å². The number of aromatic nitrogens is 2. The Morgan fingerprint density at radius 3 is 2.52 bits per heavy atom. The number of hydrogen-bond acceptors (Lipinski definition) is 7. The number of methoxy groups -OCH3 is 2. The minimum absolute atomic E-state index is 0.273. The summed E-state index contributed by atoms with van der Waals surface area (Å²) in [6, 6.07) is 10.4. The summed E-state index contributed by atoms with van der Waals surface area (Å²) < 4.78 is 25.3. The second kappa shape index (κ2) is 9.42. The molecule has 0 radical (unpaired) electrons. The van der Waals surface area contributed by atoms with E-state index in [1.54, 1.807) is 26.4 Å². The zero-order valence-corrected chi connectivity index (χ0v) is 17.6. The molecule has 0 aliphatic carbocycles. The van der Waals surface area contributed by atoms with Crippen molar-refractivity contribution in [1.29, 1.82) is 0 Å². The van der Waals surface area contributed by atoms with Crippen LogP contribution in [-0.4, -0.2) is 30.7 Å². The van der Waals surface area contributed by atoms with Crippen LogP contribution in [0.1, 0.15) is 5.56 Å². The lowest BCUT2D eigenvalue weighted by molar-refractivity contribution is 0.354. The average molecular weight is 462 g/mol. The maximum atomic E-state index is 14.1. The molecule has 0 bridgehead atoms. The molecule has 0 saturated carbocycles. The van der Waals surface area contributed by atoms with Crippen LogP contribution in [0.15, 0.2) is 47.2 Å². The lowest BCUT2D eigenvalue weighted by Gasteiger charge is -2.13. The number of ether oxygens (including phenoxy) is 2. The molecular weight excluding hydrogens is 441 g/mol. The predicted octanol–water partition coefficient (Wildman–Crippen LogP) is 4.38. The molecule has 0 unspecified atom stereocenters. The van der Waals surface area contributed by atoms with Crippen LogP contribution in [0.5, 0.6) is 11.5 Å². The van der Waals surface area contributed by atoms with Crippen LogP contribution in [0.3, 0.4) is 0 Å². The van der Waals surface area contributed by atoms with Crippen molar-refractivity contribution >= 4 is 38.9 Å². The first-order valence-corrected chi connectivity index (χ1v) is 9.58. The molecule has 0 amide bonds. The zero-order chi connectivity index (χ0) is 20.8. The van der Waals surface area contributed by atoms with E-state index in [1.165, 1.54) is 12.4 Å². The van der Waals surface area contributed by atoms with Gasteiger partial charge in [-0.05, 0) is 42.3 Å². The van der Waals surface area contributed by atoms with Crippen molar-refractivity contribution in [3.63, 3.8) is 0 Å². The number of rotatable bonds is 8. The molecule has 2 aromatic carbocycles. The van der Waals surface area contributed by atoms with E-state index in [2.05, 4.69) is 36.5 Å². The van der Waals surface area contributed by atoms with Crippen molar-refractivity contribution in [3.05, 3.63) is 58.6 Å². The third kappa shape index (κ3) is 5.05. The van der Waals surface area contributed by atoms with Gasteiger partial charge in [0.25, 0.3) is 0 Å². The van der Waals surface area contributed by atoms with Crippen LogP contribution < -0.4 is 25.8 Å². The number of benzene rings is 2. The number of halogens is 2. The minimum atomic E-state index is -0.416. The lowest BCUT2D eigenvalue weighted by Crippen LogP contribution is -2.11. The largest absolute Gasteiger partial charge is 0.493 e. The monoisotopic (exact) mass is 461 g/mol. The number of anilines is 4. The van der Waals surface area contributed by atoms with Gasteiger partial charge in [-0.2, -0.15) is 0 Å². The Morgan fingerprint density at radius 1 is 1.03 bits per heavy atom. The van der Waals surface area contributed by atoms with Crippen molar-refractivity contribution in [2.24, 2.45) is 0 Å². The summed E-state index contributed by atoms with van der Waals surface area (Å²) in [4.78, 5) is 8.29. The summed E-state index contributed by atoms with van der Waals surface area (Å²) in [6.45, 7) is 0.586. The first-order chi connectivity index (χ1) is 14.0. The van der Waals surface area contributed by atoms with Gasteiger partial charge in [-0.1, -0.05) is 22.0 Å². The number of hydrogen-bond donors (Lipinski definition) is 3. The van der Waals surface area contributed by atoms with Gasteiger partial charge < -0.3 is 25.8 Å². The van der Waals surface area contributed by atoms with Crippen molar-refractivity contribution < 1.29 is 13.9 Å². The molecule has 1 heterocycles. The Hall–Kier alpha value is -3.07. The van der Waals surface area contributed by atoms with Crippen molar-refractivity contribution in [3.8, 4) is 11.5 Å². The molecule has 3 rings (SSSR count). The Balaban J connectivity index is 1.67. The maximum absolute atomic E-state index is 14.1. The maximum Gasteiger partial charge on any atom is 0.160 e. The van der Waals surface area contributed by atoms with Gasteiger partial charge in [0, 0.05) is 11.0 Å². The van der Waals surface area contributed by atoms with Gasteiger partial charge in [0.15, 0.2) is 23.1 Å². The van der Waals surface area contributed by atoms with Crippen LogP contribution in [-0.2, 0) is 6.42 Å². The first-order valence-electron chi connectivity index (χ1n) is 8.79. The van der Waals surface area contributed by atoms with E-state index in [4.69, 9.17) is 15.2 Å². The first kappa shape index (κ1) is 20.7. The highest BCUT2D eigenvalue weighted by atomic mass is 79.9. The summed E-state index contributed by atoms with van der Waals surface area (Å²) in [5.74, 6) is 1.74. The fraction of sp³-hybridized carbons (Fsp3) is 0.200. The van der Waals surface area contributed by atoms with Gasteiger partial charge >= 0.3 is 0 Å². The normalized spacial score (nSPS) is 10.5. The fourth-order valence-electron chi connectivity index (χ4n) is 2.72. The SMILES string of the molecule is COc1ccc(CCNc2ncnc(Nc3ccc(Br)cc3F)c2N)cc1OC. The van der Waals surface area contributed by atoms with Gasteiger partial charge in [-0.15, -0.1) is 0 Å². The quantitative estimate of drug-likeness (QED) is 0.458. The van der Waals surface area contributed by atoms with Crippen molar-refractivity contribution in [1.82, 2.24) is 9.97 Å². The number of nitrogen functional groups attached to an aromatic ring is 1. The highest BCUT2D eigenvalue weighted by molar-refractivity contribution is 9.10. The standard InChI is InChI=1S/C20H21BrFN5O2/c1-28-16-6-3-12(9-17(16)29-2)7-8-24-19-18(23)20(26-11-25-19)27-15-5-4-13(21)10-14(15)22/h3-6,9-11H,7-8,23H2,1-2H3,(H2,24,25,26,27). The predicted molar refractivity (Wildman–Crippen MR) is 116 cm³/mol. The number of nitrogens with zero attached hydrogens (tertiary/aromatic N) is 2. The second-order valence-electron chi connectivity index (χ2n) is 6.10. The van der Waals surface area contributed by atoms with E-state index in [0.717, 1.165) is 5.56 Å². The van der Waals surface area contributed by atoms with E-state index in [1.807, 2.05) is 18.2 Å². The molecule has 29 heavy (non-hydrogen) atoms. The molecule has 0 atom stereocenters. The number of nitrogens with one attached hydrogen (secondary N) is 2. The Bertz CT molecular complexity index is 1000. The number of nitrogens with two attached hydrogens (primary N) is 1. The van der Waals surface area contributed by atoms with Crippen molar-refractivity contribution in [2.75, 3.05) is 37.1 Å². The third-order valence-corrected chi connectivity index (χ3v) is 4.72. The molecule has 3 aromatic rings. The molecule has 0 spiro atoms. The summed E-state index contributed by atoms with van der Waals surface area (Å²) >= 11 is 3.23. The highest BCUT2D eigenvalue weighted by Crippen LogP contribution is 2.29. The van der Waals surface area contributed by atoms with E-state index in [9.17, 15) is 4.39 Å². The molecular formula is C20H21BrFN5O2. The Morgan fingerprint density at radius 2 is 1.79 bits per heavy atom. The highest BCUT2D eigenvalue weighted by Gasteiger charge is 2.11. The molecule has 9 heteroatoms. The van der Waals surface area contributed by atoms with Crippen LogP contribution >= 0.6 is 15.9 Å². The third-order valence-electron chi connectivity index (χ3n) is 4.22. The summed E-state index contributed by atoms with van der Waals surface area (Å²) in [5.41, 5.74) is 7.80. The second-order valence-corrected chi connectivity index (χ2v) is 7.02. The van der Waals surface area contributed by atoms with Crippen LogP contribution in [0.2, 0.25) is 0 Å². The van der Waals surface area contributed by atoms with Crippen molar-refractivity contribution in [2.45, 2.75) is 6.42 Å². The zero-order valence-electron chi connectivity index (χ0n) is 16.0. The van der Waals surface area contributed by atoms with E-state index in [-0.39, 0.29) is 5.69 Å². The Kier molecular flexibility index (Phi) is 6.71. The smallest absolute Gasteiger partial charge is 0.160 e. The van der Waals surface area contributed by atoms with Crippen LogP contribution in [0.25, 0.3) is 0 Å². The van der Waals surface area contributed by atoms with Crippen LogP contribution in [0, 0.1) is 5.82 Å². The lowest BCUT2D eigenvalue weighted by atomic mass is 10.1. The molecule has 7 nitrogen and oxygen atoms in total. The molecule has 4 N–H and O–H groups in total. The van der Waals surface area contributed by atoms with Gasteiger partial charge in [0.2, 0.25) is 0 Å². The van der Waals surface area contributed by atoms with E-state index >= 15 is 0 Å². The topological polar surface area (TPSA) is 94.3 Å². The molecule has 0 aliphatic rings. The molecule has 0 fully saturated rings. The summed E-state index contributed by atoms with van der Waals surface area (Å²) in [7, 11) is 3.20. The van der Waals surface area contributed by atoms with E-state index < -0.39 is 5.82 Å². The average Bonchev–Trinajstić information content (AvgIpc) is 2.72. The molecule has 0 aliphatic heterocycles. The molecule has 152 valence electrons. The molecule has 0 saturated heterocycles.